The van der Waals surface area contributed by atoms with Gasteiger partial charge in [-0.2, -0.15) is 17.4 Å². The normalized spacial score (nSPS) is 23.6. The van der Waals surface area contributed by atoms with Gasteiger partial charge in [0.15, 0.2) is 0 Å². The Morgan fingerprint density at radius 1 is 1.50 bits per heavy atom. The van der Waals surface area contributed by atoms with E-state index >= 15 is 0 Å². The van der Waals surface area contributed by atoms with Crippen molar-refractivity contribution in [3.8, 4) is 0 Å². The highest BCUT2D eigenvalue weighted by molar-refractivity contribution is 7.87. The molecule has 1 fully saturated rings. The van der Waals surface area contributed by atoms with Crippen molar-refractivity contribution in [2.24, 2.45) is 0 Å². The molecule has 1 heterocycles. The van der Waals surface area contributed by atoms with E-state index < -0.39 is 10.2 Å². The monoisotopic (exact) mass is 221 g/mol. The average molecular weight is 221 g/mol. The van der Waals surface area contributed by atoms with Gasteiger partial charge in [0.2, 0.25) is 0 Å². The van der Waals surface area contributed by atoms with Gasteiger partial charge in [0, 0.05) is 25.7 Å². The Kier molecular flexibility index (Phi) is 3.88. The minimum atomic E-state index is -3.30. The van der Waals surface area contributed by atoms with E-state index in [0.29, 0.717) is 0 Å². The van der Waals surface area contributed by atoms with Gasteiger partial charge in [-0.1, -0.05) is 0 Å². The van der Waals surface area contributed by atoms with Crippen molar-refractivity contribution < 1.29 is 8.42 Å². The fraction of sp³-hybridized carbons (Fsp3) is 1.00. The molecule has 1 aliphatic heterocycles. The molecule has 1 rings (SSSR count). The first-order valence-electron chi connectivity index (χ1n) is 4.89. The number of nitrogens with zero attached hydrogens (tertiary/aromatic N) is 1. The van der Waals surface area contributed by atoms with Crippen LogP contribution in [0.25, 0.3) is 0 Å². The Bertz CT molecular complexity index is 270. The van der Waals surface area contributed by atoms with Crippen LogP contribution in [-0.2, 0) is 10.2 Å². The first kappa shape index (κ1) is 11.9. The van der Waals surface area contributed by atoms with E-state index in [0.717, 1.165) is 19.5 Å². The molecule has 1 atom stereocenters. The molecule has 0 radical (unpaired) electrons. The summed E-state index contributed by atoms with van der Waals surface area (Å²) in [6, 6.07) is 0.0306. The smallest absolute Gasteiger partial charge is 0.279 e. The third-order valence-electron chi connectivity index (χ3n) is 2.31. The summed E-state index contributed by atoms with van der Waals surface area (Å²) in [5, 5.41) is 3.14. The van der Waals surface area contributed by atoms with Crippen LogP contribution in [0.1, 0.15) is 20.3 Å². The lowest BCUT2D eigenvalue weighted by Gasteiger charge is -2.24. The van der Waals surface area contributed by atoms with Gasteiger partial charge in [-0.25, -0.2) is 0 Å². The molecule has 2 N–H and O–H groups in total. The molecular weight excluding hydrogens is 202 g/mol. The van der Waals surface area contributed by atoms with Crippen LogP contribution in [0.5, 0.6) is 0 Å². The van der Waals surface area contributed by atoms with Crippen molar-refractivity contribution in [3.63, 3.8) is 0 Å². The Balaban J connectivity index is 2.61. The Morgan fingerprint density at radius 3 is 2.57 bits per heavy atom. The zero-order valence-corrected chi connectivity index (χ0v) is 9.76. The number of hydrogen-bond donors (Lipinski definition) is 2. The summed E-state index contributed by atoms with van der Waals surface area (Å²) < 4.78 is 27.4. The molecule has 0 aromatic heterocycles. The van der Waals surface area contributed by atoms with Crippen molar-refractivity contribution in [2.75, 3.05) is 20.1 Å². The summed E-state index contributed by atoms with van der Waals surface area (Å²) in [6.07, 6.45) is 0.884. The highest BCUT2D eigenvalue weighted by Crippen LogP contribution is 2.09. The molecule has 1 saturated heterocycles. The molecule has 0 bridgehead atoms. The lowest BCUT2D eigenvalue weighted by atomic mass is 10.3. The van der Waals surface area contributed by atoms with Gasteiger partial charge in [-0.05, 0) is 26.8 Å². The second-order valence-electron chi connectivity index (χ2n) is 3.94. The summed E-state index contributed by atoms with van der Waals surface area (Å²) in [5.41, 5.74) is 0. The summed E-state index contributed by atoms with van der Waals surface area (Å²) in [5.74, 6) is 0. The van der Waals surface area contributed by atoms with Gasteiger partial charge < -0.3 is 5.32 Å². The fourth-order valence-electron chi connectivity index (χ4n) is 1.53. The van der Waals surface area contributed by atoms with Crippen LogP contribution >= 0.6 is 0 Å². The molecule has 0 amide bonds. The Labute approximate surface area is 86.0 Å². The third kappa shape index (κ3) is 2.91. The predicted molar refractivity (Wildman–Crippen MR) is 56.2 cm³/mol. The number of likely N-dealkylation sites (N-methyl/N-ethyl adjacent to an activating group) is 1. The molecule has 0 aliphatic carbocycles. The maximum atomic E-state index is 11.7. The van der Waals surface area contributed by atoms with Gasteiger partial charge in [0.05, 0.1) is 0 Å². The van der Waals surface area contributed by atoms with Crippen LogP contribution in [0.2, 0.25) is 0 Å². The van der Waals surface area contributed by atoms with Crippen LogP contribution in [0.3, 0.4) is 0 Å². The highest BCUT2D eigenvalue weighted by Gasteiger charge is 2.28. The highest BCUT2D eigenvalue weighted by atomic mass is 32.2. The topological polar surface area (TPSA) is 61.4 Å². The van der Waals surface area contributed by atoms with Crippen LogP contribution in [-0.4, -0.2) is 44.9 Å². The minimum Gasteiger partial charge on any atom is -0.315 e. The SMILES string of the molecule is CC(C)NS(=O)(=O)N(C)C1CCNC1. The van der Waals surface area contributed by atoms with Crippen molar-refractivity contribution in [2.45, 2.75) is 32.4 Å². The van der Waals surface area contributed by atoms with E-state index in [4.69, 9.17) is 0 Å². The fourth-order valence-corrected chi connectivity index (χ4v) is 2.86. The number of nitrogens with one attached hydrogen (secondary N) is 2. The maximum absolute atomic E-state index is 11.7. The molecule has 1 unspecified atom stereocenters. The maximum Gasteiger partial charge on any atom is 0.279 e. The summed E-state index contributed by atoms with van der Waals surface area (Å²) >= 11 is 0. The minimum absolute atomic E-state index is 0.0585. The van der Waals surface area contributed by atoms with E-state index in [1.807, 2.05) is 13.8 Å². The van der Waals surface area contributed by atoms with Crippen molar-refractivity contribution in [1.29, 1.82) is 0 Å². The molecule has 5 nitrogen and oxygen atoms in total. The molecular formula is C8H19N3O2S. The first-order chi connectivity index (χ1) is 6.43. The van der Waals surface area contributed by atoms with Gasteiger partial charge in [-0.3, -0.25) is 0 Å². The average Bonchev–Trinajstić information content (AvgIpc) is 2.51. The summed E-state index contributed by atoms with van der Waals surface area (Å²) in [7, 11) is -1.67. The largest absolute Gasteiger partial charge is 0.315 e. The predicted octanol–water partition coefficient (Wildman–Crippen LogP) is -0.477. The first-order valence-corrected chi connectivity index (χ1v) is 6.33. The lowest BCUT2D eigenvalue weighted by molar-refractivity contribution is 0.378. The molecule has 0 spiro atoms. The van der Waals surface area contributed by atoms with Crippen LogP contribution < -0.4 is 10.0 Å². The number of rotatable bonds is 4. The Hall–Kier alpha value is -0.170. The molecule has 14 heavy (non-hydrogen) atoms. The van der Waals surface area contributed by atoms with Crippen LogP contribution in [0.4, 0.5) is 0 Å². The van der Waals surface area contributed by atoms with Crippen molar-refractivity contribution in [1.82, 2.24) is 14.3 Å². The van der Waals surface area contributed by atoms with Gasteiger partial charge in [-0.15, -0.1) is 0 Å². The standard InChI is InChI=1S/C8H19N3O2S/c1-7(2)10-14(12,13)11(3)8-4-5-9-6-8/h7-10H,4-6H2,1-3H3. The van der Waals surface area contributed by atoms with E-state index in [-0.39, 0.29) is 12.1 Å². The molecule has 0 aromatic rings. The van der Waals surface area contributed by atoms with Gasteiger partial charge >= 0.3 is 0 Å². The Morgan fingerprint density at radius 2 is 2.14 bits per heavy atom. The third-order valence-corrected chi connectivity index (χ3v) is 4.14. The zero-order chi connectivity index (χ0) is 10.8. The molecule has 0 saturated carbocycles. The molecule has 0 aromatic carbocycles. The van der Waals surface area contributed by atoms with Crippen molar-refractivity contribution in [3.05, 3.63) is 0 Å². The second kappa shape index (κ2) is 4.57. The summed E-state index contributed by atoms with van der Waals surface area (Å²) in [6.45, 7) is 5.28. The van der Waals surface area contributed by atoms with Crippen LogP contribution in [0.15, 0.2) is 0 Å². The van der Waals surface area contributed by atoms with E-state index in [2.05, 4.69) is 10.0 Å². The van der Waals surface area contributed by atoms with E-state index in [9.17, 15) is 8.42 Å². The van der Waals surface area contributed by atoms with Crippen LogP contribution in [0, 0.1) is 0 Å². The second-order valence-corrected chi connectivity index (χ2v) is 5.70. The summed E-state index contributed by atoms with van der Waals surface area (Å²) in [4.78, 5) is 0. The van der Waals surface area contributed by atoms with E-state index in [1.54, 1.807) is 7.05 Å². The van der Waals surface area contributed by atoms with Crippen molar-refractivity contribution >= 4 is 10.2 Å². The zero-order valence-electron chi connectivity index (χ0n) is 8.95. The lowest BCUT2D eigenvalue weighted by Crippen LogP contribution is -2.47. The number of hydrogen-bond acceptors (Lipinski definition) is 3. The molecule has 84 valence electrons. The quantitative estimate of drug-likeness (QED) is 0.674. The molecule has 1 aliphatic rings. The van der Waals surface area contributed by atoms with Gasteiger partial charge in [0.1, 0.15) is 0 Å². The van der Waals surface area contributed by atoms with E-state index in [1.165, 1.54) is 4.31 Å². The van der Waals surface area contributed by atoms with Gasteiger partial charge in [0.25, 0.3) is 10.2 Å². The molecule has 6 heteroatoms.